The molecule has 1 unspecified atom stereocenters. The number of nitro benzene ring substituents is 1. The number of amides is 1. The summed E-state index contributed by atoms with van der Waals surface area (Å²) in [6.45, 7) is 7.35. The van der Waals surface area contributed by atoms with E-state index in [9.17, 15) is 19.7 Å². The fraction of sp³-hybridized carbons (Fsp3) is 0.412. The van der Waals surface area contributed by atoms with Gasteiger partial charge >= 0.3 is 6.16 Å². The minimum absolute atomic E-state index is 0.102. The van der Waals surface area contributed by atoms with Gasteiger partial charge in [-0.1, -0.05) is 6.58 Å². The second kappa shape index (κ2) is 8.43. The molecular weight excluding hydrogens is 342 g/mol. The summed E-state index contributed by atoms with van der Waals surface area (Å²) in [4.78, 5) is 37.9. The molecule has 1 saturated heterocycles. The number of hydrogen-bond donors (Lipinski definition) is 0. The number of hydrogen-bond acceptors (Lipinski definition) is 7. The van der Waals surface area contributed by atoms with Crippen LogP contribution in [0.3, 0.4) is 0 Å². The van der Waals surface area contributed by atoms with Gasteiger partial charge in [0, 0.05) is 43.4 Å². The van der Waals surface area contributed by atoms with Gasteiger partial charge in [0.15, 0.2) is 0 Å². The Morgan fingerprint density at radius 3 is 2.54 bits per heavy atom. The predicted octanol–water partition coefficient (Wildman–Crippen LogP) is 1.83. The van der Waals surface area contributed by atoms with Gasteiger partial charge in [-0.25, -0.2) is 4.79 Å². The van der Waals surface area contributed by atoms with Gasteiger partial charge < -0.3 is 19.3 Å². The van der Waals surface area contributed by atoms with Crippen LogP contribution in [0.25, 0.3) is 0 Å². The van der Waals surface area contributed by atoms with E-state index in [-0.39, 0.29) is 35.6 Å². The average Bonchev–Trinajstić information content (AvgIpc) is 2.61. The van der Waals surface area contributed by atoms with Crippen LogP contribution in [0.4, 0.5) is 10.5 Å². The van der Waals surface area contributed by atoms with E-state index in [1.165, 1.54) is 24.3 Å². The molecular formula is C17H21N3O6. The number of likely N-dealkylation sites (N-methyl/N-ethyl adjacent to an activating group) is 1. The number of rotatable bonds is 5. The smallest absolute Gasteiger partial charge is 0.429 e. The maximum Gasteiger partial charge on any atom is 0.514 e. The first-order chi connectivity index (χ1) is 12.3. The highest BCUT2D eigenvalue weighted by molar-refractivity contribution is 5.93. The molecule has 9 nitrogen and oxygen atoms in total. The average molecular weight is 363 g/mol. The fourth-order valence-corrected chi connectivity index (χ4v) is 2.43. The number of piperazine rings is 1. The van der Waals surface area contributed by atoms with Crippen molar-refractivity contribution in [2.45, 2.75) is 13.0 Å². The number of nitrogens with zero attached hydrogens (tertiary/aromatic N) is 3. The van der Waals surface area contributed by atoms with Crippen LogP contribution in [0.2, 0.25) is 0 Å². The predicted molar refractivity (Wildman–Crippen MR) is 92.9 cm³/mol. The Hall–Kier alpha value is -2.94. The Labute approximate surface area is 150 Å². The quantitative estimate of drug-likeness (QED) is 0.258. The normalized spacial score (nSPS) is 17.5. The number of nitro groups is 1. The third kappa shape index (κ3) is 5.03. The van der Waals surface area contributed by atoms with Crippen molar-refractivity contribution in [3.05, 3.63) is 46.5 Å². The zero-order valence-electron chi connectivity index (χ0n) is 14.7. The first-order valence-corrected chi connectivity index (χ1v) is 8.04. The molecule has 1 amide bonds. The van der Waals surface area contributed by atoms with Gasteiger partial charge in [0.1, 0.15) is 12.4 Å². The summed E-state index contributed by atoms with van der Waals surface area (Å²) < 4.78 is 9.79. The lowest BCUT2D eigenvalue weighted by atomic mass is 10.1. The summed E-state index contributed by atoms with van der Waals surface area (Å²) in [6.07, 6.45) is -1.01. The van der Waals surface area contributed by atoms with Gasteiger partial charge in [-0.05, 0) is 26.1 Å². The van der Waals surface area contributed by atoms with Crippen LogP contribution < -0.4 is 4.74 Å². The van der Waals surface area contributed by atoms with E-state index in [1.54, 1.807) is 4.90 Å². The van der Waals surface area contributed by atoms with Crippen molar-refractivity contribution in [3.63, 3.8) is 0 Å². The molecule has 1 aliphatic rings. The van der Waals surface area contributed by atoms with E-state index in [1.807, 2.05) is 14.0 Å². The minimum Gasteiger partial charge on any atom is -0.429 e. The van der Waals surface area contributed by atoms with Crippen molar-refractivity contribution < 1.29 is 24.0 Å². The standard InChI is InChI=1S/C17H21N3O6/c1-12(16(21)19-9-8-18(3)13(2)10-19)11-25-17(22)26-15-6-4-14(5-7-15)20(23)24/h4-7,13H,1,8-11H2,2-3H3. The number of carbonyl (C=O) groups excluding carboxylic acids is 2. The van der Waals surface area contributed by atoms with Crippen LogP contribution >= 0.6 is 0 Å². The molecule has 0 bridgehead atoms. The first kappa shape index (κ1) is 19.4. The SMILES string of the molecule is C=C(COC(=O)Oc1ccc([N+](=O)[O-])cc1)C(=O)N1CCN(C)C(C)C1. The summed E-state index contributed by atoms with van der Waals surface area (Å²) >= 11 is 0. The van der Waals surface area contributed by atoms with Crippen LogP contribution in [-0.2, 0) is 9.53 Å². The summed E-state index contributed by atoms with van der Waals surface area (Å²) in [7, 11) is 2.00. The van der Waals surface area contributed by atoms with Crippen molar-refractivity contribution in [3.8, 4) is 5.75 Å². The summed E-state index contributed by atoms with van der Waals surface area (Å²) in [5.41, 5.74) is 0.0356. The molecule has 26 heavy (non-hydrogen) atoms. The lowest BCUT2D eigenvalue weighted by Gasteiger charge is -2.37. The molecule has 9 heteroatoms. The summed E-state index contributed by atoms with van der Waals surface area (Å²) in [6, 6.07) is 5.23. The van der Waals surface area contributed by atoms with Crippen LogP contribution in [0.1, 0.15) is 6.92 Å². The molecule has 0 aliphatic carbocycles. The Morgan fingerprint density at radius 2 is 1.96 bits per heavy atom. The Balaban J connectivity index is 1.80. The van der Waals surface area contributed by atoms with Crippen molar-refractivity contribution in [2.24, 2.45) is 0 Å². The molecule has 1 aromatic carbocycles. The first-order valence-electron chi connectivity index (χ1n) is 8.04. The minimum atomic E-state index is -1.01. The summed E-state index contributed by atoms with van der Waals surface area (Å²) in [5.74, 6) is -0.154. The molecule has 0 N–H and O–H groups in total. The molecule has 1 aliphatic heterocycles. The topological polar surface area (TPSA) is 102 Å². The third-order valence-electron chi connectivity index (χ3n) is 4.16. The van der Waals surface area contributed by atoms with E-state index >= 15 is 0 Å². The number of ether oxygens (including phenoxy) is 2. The number of carbonyl (C=O) groups is 2. The van der Waals surface area contributed by atoms with Crippen LogP contribution in [0, 0.1) is 10.1 Å². The molecule has 1 atom stereocenters. The Morgan fingerprint density at radius 1 is 1.31 bits per heavy atom. The molecule has 1 fully saturated rings. The molecule has 1 aromatic rings. The number of non-ortho nitro benzene ring substituents is 1. The lowest BCUT2D eigenvalue weighted by Crippen LogP contribution is -2.52. The maximum atomic E-state index is 12.3. The second-order valence-electron chi connectivity index (χ2n) is 6.08. The zero-order valence-corrected chi connectivity index (χ0v) is 14.7. The van der Waals surface area contributed by atoms with Crippen molar-refractivity contribution in [1.82, 2.24) is 9.80 Å². The van der Waals surface area contributed by atoms with Gasteiger partial charge in [-0.2, -0.15) is 0 Å². The van der Waals surface area contributed by atoms with Crippen molar-refractivity contribution >= 4 is 17.7 Å². The van der Waals surface area contributed by atoms with E-state index in [4.69, 9.17) is 9.47 Å². The molecule has 140 valence electrons. The largest absolute Gasteiger partial charge is 0.514 e. The van der Waals surface area contributed by atoms with Crippen LogP contribution in [0.5, 0.6) is 5.75 Å². The fourth-order valence-electron chi connectivity index (χ4n) is 2.43. The van der Waals surface area contributed by atoms with Crippen molar-refractivity contribution in [2.75, 3.05) is 33.3 Å². The van der Waals surface area contributed by atoms with E-state index < -0.39 is 11.1 Å². The Bertz CT molecular complexity index is 703. The highest BCUT2D eigenvalue weighted by Crippen LogP contribution is 2.18. The molecule has 0 spiro atoms. The second-order valence-corrected chi connectivity index (χ2v) is 6.08. The van der Waals surface area contributed by atoms with Gasteiger partial charge in [0.05, 0.1) is 4.92 Å². The molecule has 2 rings (SSSR count). The van der Waals surface area contributed by atoms with Crippen LogP contribution in [-0.4, -0.2) is 66.1 Å². The zero-order chi connectivity index (χ0) is 19.3. The van der Waals surface area contributed by atoms with Gasteiger partial charge in [0.2, 0.25) is 0 Å². The van der Waals surface area contributed by atoms with Crippen molar-refractivity contribution in [1.29, 1.82) is 0 Å². The van der Waals surface area contributed by atoms with Gasteiger partial charge in [-0.15, -0.1) is 0 Å². The highest BCUT2D eigenvalue weighted by atomic mass is 16.7. The lowest BCUT2D eigenvalue weighted by molar-refractivity contribution is -0.384. The highest BCUT2D eigenvalue weighted by Gasteiger charge is 2.26. The van der Waals surface area contributed by atoms with Gasteiger partial charge in [-0.3, -0.25) is 14.9 Å². The molecule has 0 radical (unpaired) electrons. The third-order valence-corrected chi connectivity index (χ3v) is 4.16. The maximum absolute atomic E-state index is 12.3. The molecule has 1 heterocycles. The Kier molecular flexibility index (Phi) is 6.29. The van der Waals surface area contributed by atoms with Gasteiger partial charge in [0.25, 0.3) is 11.6 Å². The van der Waals surface area contributed by atoms with Crippen LogP contribution in [0.15, 0.2) is 36.4 Å². The van der Waals surface area contributed by atoms with E-state index in [2.05, 4.69) is 11.5 Å². The monoisotopic (exact) mass is 363 g/mol. The molecule has 0 saturated carbocycles. The van der Waals surface area contributed by atoms with E-state index in [0.29, 0.717) is 13.1 Å². The van der Waals surface area contributed by atoms with E-state index in [0.717, 1.165) is 6.54 Å². The summed E-state index contributed by atoms with van der Waals surface area (Å²) in [5, 5.41) is 10.6. The molecule has 0 aromatic heterocycles. The number of benzene rings is 1.